The van der Waals surface area contributed by atoms with Crippen LogP contribution in [-0.4, -0.2) is 30.3 Å². The number of nitrogens with zero attached hydrogens (tertiary/aromatic N) is 1. The number of ether oxygens (including phenoxy) is 1. The molecule has 3 nitrogen and oxygen atoms in total. The molecule has 0 amide bonds. The number of hydrogen-bond donors (Lipinski definition) is 1. The maximum absolute atomic E-state index is 6.03. The molecule has 0 aromatic carbocycles. The summed E-state index contributed by atoms with van der Waals surface area (Å²) in [4.78, 5) is 4.17. The van der Waals surface area contributed by atoms with Crippen LogP contribution in [0.4, 0.5) is 0 Å². The van der Waals surface area contributed by atoms with Gasteiger partial charge in [0.05, 0.1) is 6.10 Å². The molecule has 1 N–H and O–H groups in total. The lowest BCUT2D eigenvalue weighted by atomic mass is 10.0. The minimum Gasteiger partial charge on any atom is -0.376 e. The molecule has 92 valence electrons. The van der Waals surface area contributed by atoms with Crippen LogP contribution in [0.5, 0.6) is 0 Å². The molecular formula is C14H20N2O. The highest BCUT2D eigenvalue weighted by Crippen LogP contribution is 2.30. The number of nitrogens with one attached hydrogen (secondary N) is 1. The molecule has 1 aromatic heterocycles. The van der Waals surface area contributed by atoms with Gasteiger partial charge in [-0.2, -0.15) is 0 Å². The summed E-state index contributed by atoms with van der Waals surface area (Å²) in [6, 6.07) is 4.62. The molecule has 1 saturated heterocycles. The van der Waals surface area contributed by atoms with Gasteiger partial charge in [-0.05, 0) is 49.8 Å². The predicted molar refractivity (Wildman–Crippen MR) is 66.8 cm³/mol. The summed E-state index contributed by atoms with van der Waals surface area (Å²) in [6.45, 7) is 2.05. The number of aromatic nitrogens is 1. The monoisotopic (exact) mass is 232 g/mol. The van der Waals surface area contributed by atoms with E-state index in [2.05, 4.69) is 16.4 Å². The van der Waals surface area contributed by atoms with Crippen LogP contribution in [0.2, 0.25) is 0 Å². The predicted octanol–water partition coefficient (Wildman–Crippen LogP) is 1.78. The Morgan fingerprint density at radius 1 is 1.35 bits per heavy atom. The van der Waals surface area contributed by atoms with Gasteiger partial charge in [0.25, 0.3) is 0 Å². The molecule has 1 aliphatic heterocycles. The van der Waals surface area contributed by atoms with Crippen molar-refractivity contribution in [2.75, 3.05) is 13.2 Å². The average Bonchev–Trinajstić information content (AvgIpc) is 3.09. The third-order valence-corrected chi connectivity index (χ3v) is 3.71. The van der Waals surface area contributed by atoms with Gasteiger partial charge >= 0.3 is 0 Å². The van der Waals surface area contributed by atoms with Gasteiger partial charge in [-0.1, -0.05) is 6.07 Å². The first-order chi connectivity index (χ1) is 8.42. The Morgan fingerprint density at radius 3 is 3.06 bits per heavy atom. The first kappa shape index (κ1) is 11.2. The Balaban J connectivity index is 1.53. The Bertz CT molecular complexity index is 350. The Labute approximate surface area is 103 Å². The Kier molecular flexibility index (Phi) is 3.39. The van der Waals surface area contributed by atoms with Gasteiger partial charge in [0, 0.05) is 25.0 Å². The molecule has 0 spiro atoms. The molecule has 3 heteroatoms. The zero-order valence-electron chi connectivity index (χ0n) is 10.1. The first-order valence-corrected chi connectivity index (χ1v) is 6.66. The van der Waals surface area contributed by atoms with Crippen molar-refractivity contribution >= 4 is 0 Å². The normalized spacial score (nSPS) is 28.5. The SMILES string of the molecule is c1cncc(C[C@@H]2NCC[C@@H]2OCC2CC2)c1. The maximum atomic E-state index is 6.03. The highest BCUT2D eigenvalue weighted by molar-refractivity contribution is 5.11. The van der Waals surface area contributed by atoms with Crippen LogP contribution < -0.4 is 5.32 Å². The molecule has 2 aliphatic rings. The molecule has 17 heavy (non-hydrogen) atoms. The van der Waals surface area contributed by atoms with Crippen molar-refractivity contribution in [1.29, 1.82) is 0 Å². The second-order valence-electron chi connectivity index (χ2n) is 5.23. The fourth-order valence-electron chi connectivity index (χ4n) is 2.46. The van der Waals surface area contributed by atoms with E-state index in [0.29, 0.717) is 12.1 Å². The van der Waals surface area contributed by atoms with Crippen LogP contribution in [0.15, 0.2) is 24.5 Å². The van der Waals surface area contributed by atoms with Gasteiger partial charge in [0.1, 0.15) is 0 Å². The summed E-state index contributed by atoms with van der Waals surface area (Å²) >= 11 is 0. The Hall–Kier alpha value is -0.930. The third kappa shape index (κ3) is 3.05. The first-order valence-electron chi connectivity index (χ1n) is 6.66. The van der Waals surface area contributed by atoms with Crippen LogP contribution in [0.25, 0.3) is 0 Å². The van der Waals surface area contributed by atoms with Crippen molar-refractivity contribution in [3.8, 4) is 0 Å². The minimum atomic E-state index is 0.399. The molecule has 2 heterocycles. The average molecular weight is 232 g/mol. The smallest absolute Gasteiger partial charge is 0.0743 e. The van der Waals surface area contributed by atoms with E-state index in [-0.39, 0.29) is 0 Å². The molecule has 1 aliphatic carbocycles. The fraction of sp³-hybridized carbons (Fsp3) is 0.643. The molecule has 0 unspecified atom stereocenters. The molecule has 0 bridgehead atoms. The quantitative estimate of drug-likeness (QED) is 0.840. The number of rotatable bonds is 5. The van der Waals surface area contributed by atoms with E-state index in [1.54, 1.807) is 0 Å². The molecule has 2 atom stereocenters. The minimum absolute atomic E-state index is 0.399. The van der Waals surface area contributed by atoms with Gasteiger partial charge in [-0.25, -0.2) is 0 Å². The van der Waals surface area contributed by atoms with Crippen molar-refractivity contribution in [2.24, 2.45) is 5.92 Å². The fourth-order valence-corrected chi connectivity index (χ4v) is 2.46. The van der Waals surface area contributed by atoms with E-state index in [0.717, 1.165) is 31.9 Å². The van der Waals surface area contributed by atoms with Crippen LogP contribution in [0.1, 0.15) is 24.8 Å². The summed E-state index contributed by atoms with van der Waals surface area (Å²) in [5.41, 5.74) is 1.30. The van der Waals surface area contributed by atoms with Crippen molar-refractivity contribution < 1.29 is 4.74 Å². The van der Waals surface area contributed by atoms with Gasteiger partial charge in [0.15, 0.2) is 0 Å². The van der Waals surface area contributed by atoms with Crippen molar-refractivity contribution in [3.05, 3.63) is 30.1 Å². The second-order valence-corrected chi connectivity index (χ2v) is 5.23. The summed E-state index contributed by atoms with van der Waals surface area (Å²) in [5.74, 6) is 0.856. The van der Waals surface area contributed by atoms with E-state index in [1.807, 2.05) is 18.5 Å². The Morgan fingerprint density at radius 2 is 2.29 bits per heavy atom. The van der Waals surface area contributed by atoms with E-state index in [9.17, 15) is 0 Å². The van der Waals surface area contributed by atoms with Crippen LogP contribution in [0.3, 0.4) is 0 Å². The van der Waals surface area contributed by atoms with Gasteiger partial charge < -0.3 is 10.1 Å². The van der Waals surface area contributed by atoms with Crippen LogP contribution in [-0.2, 0) is 11.2 Å². The largest absolute Gasteiger partial charge is 0.376 e. The highest BCUT2D eigenvalue weighted by atomic mass is 16.5. The summed E-state index contributed by atoms with van der Waals surface area (Å²) in [7, 11) is 0. The zero-order chi connectivity index (χ0) is 11.5. The van der Waals surface area contributed by atoms with Gasteiger partial charge in [-0.3, -0.25) is 4.98 Å². The van der Waals surface area contributed by atoms with Gasteiger partial charge in [-0.15, -0.1) is 0 Å². The third-order valence-electron chi connectivity index (χ3n) is 3.71. The van der Waals surface area contributed by atoms with E-state index in [1.165, 1.54) is 18.4 Å². The topological polar surface area (TPSA) is 34.2 Å². The number of pyridine rings is 1. The lowest BCUT2D eigenvalue weighted by molar-refractivity contribution is 0.0382. The van der Waals surface area contributed by atoms with Crippen molar-refractivity contribution in [3.63, 3.8) is 0 Å². The second kappa shape index (κ2) is 5.15. The van der Waals surface area contributed by atoms with Crippen molar-refractivity contribution in [2.45, 2.75) is 37.8 Å². The molecule has 0 radical (unpaired) electrons. The molecule has 2 fully saturated rings. The summed E-state index contributed by atoms with van der Waals surface area (Å²) in [6.07, 6.45) is 9.10. The summed E-state index contributed by atoms with van der Waals surface area (Å²) in [5, 5.41) is 3.55. The zero-order valence-corrected chi connectivity index (χ0v) is 10.1. The van der Waals surface area contributed by atoms with E-state index >= 15 is 0 Å². The highest BCUT2D eigenvalue weighted by Gasteiger charge is 2.30. The molecule has 1 aromatic rings. The number of hydrogen-bond acceptors (Lipinski definition) is 3. The van der Waals surface area contributed by atoms with E-state index in [4.69, 9.17) is 4.74 Å². The molecular weight excluding hydrogens is 212 g/mol. The lowest BCUT2D eigenvalue weighted by Gasteiger charge is -2.20. The van der Waals surface area contributed by atoms with Crippen molar-refractivity contribution in [1.82, 2.24) is 10.3 Å². The van der Waals surface area contributed by atoms with Crippen LogP contribution >= 0.6 is 0 Å². The standard InChI is InChI=1S/C14H20N2O/c1-2-12(9-15-6-1)8-13-14(5-7-16-13)17-10-11-3-4-11/h1-2,6,9,11,13-14,16H,3-5,7-8,10H2/t13-,14-/m0/s1. The lowest BCUT2D eigenvalue weighted by Crippen LogP contribution is -2.34. The van der Waals surface area contributed by atoms with E-state index < -0.39 is 0 Å². The molecule has 1 saturated carbocycles. The van der Waals surface area contributed by atoms with Gasteiger partial charge in [0.2, 0.25) is 0 Å². The maximum Gasteiger partial charge on any atom is 0.0743 e. The van der Waals surface area contributed by atoms with Crippen LogP contribution in [0, 0.1) is 5.92 Å². The summed E-state index contributed by atoms with van der Waals surface area (Å²) < 4.78 is 6.03. The molecule has 3 rings (SSSR count).